The van der Waals surface area contributed by atoms with Gasteiger partial charge in [0.2, 0.25) is 0 Å². The molecule has 23 heavy (non-hydrogen) atoms. The van der Waals surface area contributed by atoms with E-state index in [0.29, 0.717) is 0 Å². The Balaban J connectivity index is -0.0000000284. The summed E-state index contributed by atoms with van der Waals surface area (Å²) < 4.78 is 34.2. The SMILES string of the molecule is O=P([O-])([O-])[O-].O=P([O-])([O-])[O-].O=P([O-])([O-])[O-].O=P([O-])([O-])[O-].[Ti+4].[Ti+4].[Ti+4]. The summed E-state index contributed by atoms with van der Waals surface area (Å²) in [6.07, 6.45) is 0. The summed E-state index contributed by atoms with van der Waals surface area (Å²) in [5.74, 6) is 0. The topological polar surface area (TPSA) is 345 Å². The van der Waals surface area contributed by atoms with Crippen LogP contribution in [0, 0.1) is 0 Å². The number of hydrogen-bond acceptors (Lipinski definition) is 16. The van der Waals surface area contributed by atoms with Crippen LogP contribution in [0.1, 0.15) is 0 Å². The average Bonchev–Trinajstić information content (AvgIpc) is 1.62. The Morgan fingerprint density at radius 2 is 0.304 bits per heavy atom. The summed E-state index contributed by atoms with van der Waals surface area (Å²) in [6.45, 7) is 0. The van der Waals surface area contributed by atoms with Gasteiger partial charge in [0, 0.05) is 0 Å². The molecule has 0 spiro atoms. The van der Waals surface area contributed by atoms with Crippen molar-refractivity contribution in [2.24, 2.45) is 0 Å². The van der Waals surface area contributed by atoms with E-state index >= 15 is 0 Å². The minimum absolute atomic E-state index is 0. The normalized spacial score (nSPS) is 10.3. The van der Waals surface area contributed by atoms with Crippen LogP contribution in [0.25, 0.3) is 0 Å². The molecule has 0 unspecified atom stereocenters. The Morgan fingerprint density at radius 3 is 0.304 bits per heavy atom. The summed E-state index contributed by atoms with van der Waals surface area (Å²) in [7, 11) is -21.6. The molecule has 0 heterocycles. The van der Waals surface area contributed by atoms with E-state index in [0.717, 1.165) is 0 Å². The standard InChI is InChI=1S/4H3O4P.3Ti/c4*1-5(2,3)4;;;/h4*(H3,1,2,3,4);;;/q;;;;3*+4/p-12. The summed E-state index contributed by atoms with van der Waals surface area (Å²) in [6, 6.07) is 0. The molecule has 0 N–H and O–H groups in total. The van der Waals surface area contributed by atoms with Crippen molar-refractivity contribution < 1.29 is 142 Å². The molecule has 0 radical (unpaired) electrons. The third-order valence-electron chi connectivity index (χ3n) is 0. The van der Waals surface area contributed by atoms with Crippen LogP contribution in [0.2, 0.25) is 0 Å². The first-order valence-corrected chi connectivity index (χ1v) is 8.76. The maximum atomic E-state index is 8.55. The smallest absolute Gasteiger partial charge is 0.822 e. The van der Waals surface area contributed by atoms with Gasteiger partial charge in [-0.1, -0.05) is 0 Å². The largest absolute Gasteiger partial charge is 4.00 e. The van der Waals surface area contributed by atoms with Gasteiger partial charge in [-0.05, 0) is 0 Å². The van der Waals surface area contributed by atoms with Gasteiger partial charge in [-0.15, -0.1) is 0 Å². The molecule has 16 nitrogen and oxygen atoms in total. The Kier molecular flexibility index (Phi) is 37.7. The first-order valence-electron chi connectivity index (χ1n) is 2.92. The third kappa shape index (κ3) is 1880. The van der Waals surface area contributed by atoms with Crippen molar-refractivity contribution in [3.05, 3.63) is 0 Å². The zero-order valence-corrected chi connectivity index (χ0v) is 18.1. The van der Waals surface area contributed by atoms with Gasteiger partial charge in [0.1, 0.15) is 0 Å². The molecule has 0 aromatic rings. The van der Waals surface area contributed by atoms with E-state index in [1.807, 2.05) is 0 Å². The van der Waals surface area contributed by atoms with Gasteiger partial charge < -0.3 is 77.0 Å². The Labute approximate surface area is 172 Å². The van der Waals surface area contributed by atoms with E-state index in [4.69, 9.17) is 77.0 Å². The fourth-order valence-corrected chi connectivity index (χ4v) is 0. The Hall–Kier alpha value is 2.58. The summed E-state index contributed by atoms with van der Waals surface area (Å²) in [5, 5.41) is 0. The molecule has 0 saturated heterocycles. The van der Waals surface area contributed by atoms with Crippen molar-refractivity contribution in [2.45, 2.75) is 0 Å². The second-order valence-corrected chi connectivity index (χ2v) is 5.37. The van der Waals surface area contributed by atoms with E-state index in [1.54, 1.807) is 0 Å². The van der Waals surface area contributed by atoms with E-state index in [1.165, 1.54) is 0 Å². The van der Waals surface area contributed by atoms with Crippen LogP contribution in [0.5, 0.6) is 0 Å². The molecule has 0 aromatic carbocycles. The number of rotatable bonds is 0. The molecular weight excluding hydrogens is 523 g/mol. The molecule has 0 amide bonds. The van der Waals surface area contributed by atoms with Crippen molar-refractivity contribution in [1.29, 1.82) is 0 Å². The van der Waals surface area contributed by atoms with Crippen molar-refractivity contribution in [1.82, 2.24) is 0 Å². The van der Waals surface area contributed by atoms with Crippen LogP contribution in [0.3, 0.4) is 0 Å². The Bertz CT molecular complexity index is 292. The second kappa shape index (κ2) is 19.3. The van der Waals surface area contributed by atoms with Gasteiger partial charge in [0.05, 0.1) is 0 Å². The number of hydrogen-bond donors (Lipinski definition) is 0. The zero-order valence-electron chi connectivity index (χ0n) is 9.82. The van der Waals surface area contributed by atoms with E-state index in [9.17, 15) is 0 Å². The van der Waals surface area contributed by atoms with Crippen LogP contribution < -0.4 is 58.7 Å². The minimum atomic E-state index is -5.39. The summed E-state index contributed by atoms with van der Waals surface area (Å²) in [5.41, 5.74) is 0. The molecular formula is O16P4Ti3. The van der Waals surface area contributed by atoms with Crippen molar-refractivity contribution >= 4 is 31.3 Å². The van der Waals surface area contributed by atoms with Crippen molar-refractivity contribution in [2.75, 3.05) is 0 Å². The van der Waals surface area contributed by atoms with Gasteiger partial charge >= 0.3 is 65.2 Å². The predicted molar refractivity (Wildman–Crippen MR) is 30.4 cm³/mol. The molecule has 0 saturated carbocycles. The van der Waals surface area contributed by atoms with E-state index < -0.39 is 31.3 Å². The van der Waals surface area contributed by atoms with E-state index in [-0.39, 0.29) is 65.2 Å². The monoisotopic (exact) mass is 524 g/mol. The maximum absolute atomic E-state index is 8.55. The molecule has 0 aromatic heterocycles. The summed E-state index contributed by atoms with van der Waals surface area (Å²) in [4.78, 5) is 103. The molecule has 0 aliphatic rings. The van der Waals surface area contributed by atoms with Crippen molar-refractivity contribution in [3.8, 4) is 0 Å². The fourth-order valence-electron chi connectivity index (χ4n) is 0. The predicted octanol–water partition coefficient (Wildman–Crippen LogP) is -11.3. The van der Waals surface area contributed by atoms with E-state index in [2.05, 4.69) is 0 Å². The molecule has 0 rings (SSSR count). The van der Waals surface area contributed by atoms with Crippen LogP contribution in [0.15, 0.2) is 0 Å². The third-order valence-corrected chi connectivity index (χ3v) is 0. The molecule has 0 bridgehead atoms. The van der Waals surface area contributed by atoms with Crippen molar-refractivity contribution in [3.63, 3.8) is 0 Å². The molecule has 23 heteroatoms. The first-order chi connectivity index (χ1) is 8.00. The quantitative estimate of drug-likeness (QED) is 0.210. The zero-order chi connectivity index (χ0) is 18.0. The molecule has 0 aliphatic carbocycles. The average molecular weight is 523 g/mol. The summed E-state index contributed by atoms with van der Waals surface area (Å²) >= 11 is 0. The molecule has 0 fully saturated rings. The van der Waals surface area contributed by atoms with Gasteiger partial charge in [0.15, 0.2) is 0 Å². The molecule has 0 atom stereocenters. The van der Waals surface area contributed by atoms with Gasteiger partial charge in [-0.2, -0.15) is 31.3 Å². The van der Waals surface area contributed by atoms with Gasteiger partial charge in [-0.25, -0.2) is 0 Å². The van der Waals surface area contributed by atoms with Crippen LogP contribution in [-0.4, -0.2) is 0 Å². The molecule has 128 valence electrons. The van der Waals surface area contributed by atoms with Crippen LogP contribution in [-0.2, 0) is 83.4 Å². The van der Waals surface area contributed by atoms with Gasteiger partial charge in [-0.3, -0.25) is 0 Å². The second-order valence-electron chi connectivity index (χ2n) is 1.79. The van der Waals surface area contributed by atoms with Crippen LogP contribution >= 0.6 is 31.3 Å². The molecule has 0 aliphatic heterocycles. The van der Waals surface area contributed by atoms with Crippen LogP contribution in [0.4, 0.5) is 0 Å². The van der Waals surface area contributed by atoms with Gasteiger partial charge in [0.25, 0.3) is 0 Å². The fraction of sp³-hybridized carbons (Fsp3) is 0. The Morgan fingerprint density at radius 1 is 0.304 bits per heavy atom. The minimum Gasteiger partial charge on any atom is -0.822 e. The number of phosphoric acid groups is 4. The first kappa shape index (κ1) is 44.8. The maximum Gasteiger partial charge on any atom is 4.00 e.